The zero-order valence-corrected chi connectivity index (χ0v) is 14.5. The minimum absolute atomic E-state index is 0.139. The van der Waals surface area contributed by atoms with Gasteiger partial charge in [0.15, 0.2) is 0 Å². The molecule has 0 radical (unpaired) electrons. The largest absolute Gasteiger partial charge is 0.356 e. The van der Waals surface area contributed by atoms with E-state index >= 15 is 0 Å². The highest BCUT2D eigenvalue weighted by Gasteiger charge is 2.26. The Hall–Kier alpha value is -0.880. The highest BCUT2D eigenvalue weighted by atomic mass is 35.5. The molecule has 1 aliphatic rings. The lowest BCUT2D eigenvalue weighted by molar-refractivity contribution is 0.434. The minimum atomic E-state index is -3.47. The first kappa shape index (κ1) is 16.5. The lowest BCUT2D eigenvalue weighted by atomic mass is 9.98. The smallest absolute Gasteiger partial charge is 0.250 e. The van der Waals surface area contributed by atoms with Crippen molar-refractivity contribution >= 4 is 27.3 Å². The van der Waals surface area contributed by atoms with Gasteiger partial charge in [0, 0.05) is 24.9 Å². The first-order valence-corrected chi connectivity index (χ1v) is 9.49. The summed E-state index contributed by atoms with van der Waals surface area (Å²) in [4.78, 5) is 10.4. The molecule has 0 spiro atoms. The molecule has 0 aliphatic carbocycles. The maximum Gasteiger partial charge on any atom is 0.250 e. The van der Waals surface area contributed by atoms with Crippen LogP contribution in [0, 0.1) is 5.92 Å². The molecule has 0 amide bonds. The van der Waals surface area contributed by atoms with E-state index in [1.54, 1.807) is 0 Å². The van der Waals surface area contributed by atoms with Gasteiger partial charge in [0.1, 0.15) is 11.0 Å². The molecule has 0 saturated carbocycles. The monoisotopic (exact) mass is 331 g/mol. The van der Waals surface area contributed by atoms with Gasteiger partial charge in [0.05, 0.1) is 0 Å². The van der Waals surface area contributed by atoms with Gasteiger partial charge < -0.3 is 4.90 Å². The van der Waals surface area contributed by atoms with Crippen LogP contribution in [0.4, 0.5) is 5.82 Å². The van der Waals surface area contributed by atoms with Crippen molar-refractivity contribution in [1.82, 2.24) is 9.97 Å². The molecule has 0 atom stereocenters. The van der Waals surface area contributed by atoms with Crippen molar-refractivity contribution in [1.29, 1.82) is 0 Å². The summed E-state index contributed by atoms with van der Waals surface area (Å²) in [5, 5.41) is 0.0552. The molecule has 1 saturated heterocycles. The Bertz CT molecular complexity index is 623. The fourth-order valence-electron chi connectivity index (χ4n) is 2.54. The normalized spacial score (nSPS) is 17.5. The van der Waals surface area contributed by atoms with Crippen LogP contribution in [0.25, 0.3) is 0 Å². The maximum atomic E-state index is 11.8. The van der Waals surface area contributed by atoms with Crippen molar-refractivity contribution in [3.63, 3.8) is 0 Å². The summed E-state index contributed by atoms with van der Waals surface area (Å²) in [6.07, 6.45) is 3.26. The quantitative estimate of drug-likeness (QED) is 0.629. The van der Waals surface area contributed by atoms with Gasteiger partial charge in [0.25, 0.3) is 0 Å². The summed E-state index contributed by atoms with van der Waals surface area (Å²) >= 11 is 6.24. The van der Waals surface area contributed by atoms with E-state index in [0.717, 1.165) is 37.8 Å². The molecule has 2 heterocycles. The Morgan fingerprint density at radius 3 is 2.29 bits per heavy atom. The summed E-state index contributed by atoms with van der Waals surface area (Å²) in [7, 11) is -3.47. The van der Waals surface area contributed by atoms with Gasteiger partial charge in [-0.15, -0.1) is 0 Å². The van der Waals surface area contributed by atoms with E-state index in [1.165, 1.54) is 0 Å². The predicted octanol–water partition coefficient (Wildman–Crippen LogP) is 2.89. The number of rotatable bonds is 3. The number of anilines is 1. The third-order valence-corrected chi connectivity index (χ3v) is 4.98. The van der Waals surface area contributed by atoms with Crippen LogP contribution >= 0.6 is 11.6 Å². The highest BCUT2D eigenvalue weighted by Crippen LogP contribution is 2.34. The second kappa shape index (κ2) is 6.08. The standard InChI is InChI=1S/C14H22ClN3O2S/c1-9(2)11-12(15)16-14(21(4,19)20)17-13(11)18-7-5-10(3)6-8-18/h9-10H,5-8H2,1-4H3. The Balaban J connectivity index is 2.53. The lowest BCUT2D eigenvalue weighted by Gasteiger charge is -2.33. The van der Waals surface area contributed by atoms with E-state index in [4.69, 9.17) is 11.6 Å². The van der Waals surface area contributed by atoms with E-state index < -0.39 is 9.84 Å². The Kier molecular flexibility index (Phi) is 4.78. The van der Waals surface area contributed by atoms with Gasteiger partial charge in [0.2, 0.25) is 15.0 Å². The van der Waals surface area contributed by atoms with E-state index in [1.807, 2.05) is 13.8 Å². The summed E-state index contributed by atoms with van der Waals surface area (Å²) in [6, 6.07) is 0. The van der Waals surface area contributed by atoms with Crippen molar-refractivity contribution < 1.29 is 8.42 Å². The Labute approximate surface area is 131 Å². The number of hydrogen-bond donors (Lipinski definition) is 0. The van der Waals surface area contributed by atoms with E-state index in [2.05, 4.69) is 21.8 Å². The third kappa shape index (κ3) is 3.66. The topological polar surface area (TPSA) is 63.2 Å². The molecule has 0 N–H and O–H groups in total. The first-order chi connectivity index (χ1) is 9.70. The molecular weight excluding hydrogens is 310 g/mol. The van der Waals surface area contributed by atoms with Gasteiger partial charge >= 0.3 is 0 Å². The van der Waals surface area contributed by atoms with Gasteiger partial charge in [-0.25, -0.2) is 18.4 Å². The van der Waals surface area contributed by atoms with Crippen LogP contribution in [-0.2, 0) is 9.84 Å². The van der Waals surface area contributed by atoms with Gasteiger partial charge in [-0.1, -0.05) is 32.4 Å². The maximum absolute atomic E-state index is 11.8. The molecule has 118 valence electrons. The molecule has 5 nitrogen and oxygen atoms in total. The molecular formula is C14H22ClN3O2S. The fraction of sp³-hybridized carbons (Fsp3) is 0.714. The van der Waals surface area contributed by atoms with Crippen molar-refractivity contribution in [2.75, 3.05) is 24.2 Å². The van der Waals surface area contributed by atoms with Gasteiger partial charge in [-0.2, -0.15) is 0 Å². The SMILES string of the molecule is CC1CCN(c2nc(S(C)(=O)=O)nc(Cl)c2C(C)C)CC1. The van der Waals surface area contributed by atoms with Crippen LogP contribution < -0.4 is 4.90 Å². The van der Waals surface area contributed by atoms with E-state index in [0.29, 0.717) is 11.7 Å². The van der Waals surface area contributed by atoms with Crippen molar-refractivity contribution in [3.8, 4) is 0 Å². The van der Waals surface area contributed by atoms with E-state index in [-0.39, 0.29) is 16.2 Å². The molecule has 1 fully saturated rings. The average Bonchev–Trinajstić information content (AvgIpc) is 2.37. The van der Waals surface area contributed by atoms with Crippen LogP contribution in [0.15, 0.2) is 5.16 Å². The molecule has 1 aromatic heterocycles. The molecule has 0 unspecified atom stereocenters. The van der Waals surface area contributed by atoms with Crippen LogP contribution in [0.1, 0.15) is 45.1 Å². The Morgan fingerprint density at radius 1 is 1.24 bits per heavy atom. The second-order valence-electron chi connectivity index (χ2n) is 6.13. The number of aromatic nitrogens is 2. The third-order valence-electron chi connectivity index (χ3n) is 3.85. The van der Waals surface area contributed by atoms with Crippen LogP contribution in [0.2, 0.25) is 5.15 Å². The number of hydrogen-bond acceptors (Lipinski definition) is 5. The molecule has 0 aromatic carbocycles. The summed E-state index contributed by atoms with van der Waals surface area (Å²) in [6.45, 7) is 8.01. The number of sulfone groups is 1. The molecule has 0 bridgehead atoms. The van der Waals surface area contributed by atoms with E-state index in [9.17, 15) is 8.42 Å². The molecule has 7 heteroatoms. The van der Waals surface area contributed by atoms with Crippen molar-refractivity contribution in [2.24, 2.45) is 5.92 Å². The molecule has 1 aliphatic heterocycles. The summed E-state index contributed by atoms with van der Waals surface area (Å²) < 4.78 is 23.5. The Morgan fingerprint density at radius 2 is 1.81 bits per heavy atom. The number of nitrogens with zero attached hydrogens (tertiary/aromatic N) is 3. The molecule has 1 aromatic rings. The molecule has 2 rings (SSSR count). The van der Waals surface area contributed by atoms with Crippen LogP contribution in [-0.4, -0.2) is 37.7 Å². The second-order valence-corrected chi connectivity index (χ2v) is 8.40. The molecule has 21 heavy (non-hydrogen) atoms. The minimum Gasteiger partial charge on any atom is -0.356 e. The first-order valence-electron chi connectivity index (χ1n) is 7.22. The number of halogens is 1. The fourth-order valence-corrected chi connectivity index (χ4v) is 3.48. The van der Waals surface area contributed by atoms with Gasteiger partial charge in [-0.05, 0) is 24.7 Å². The van der Waals surface area contributed by atoms with Crippen LogP contribution in [0.3, 0.4) is 0 Å². The highest BCUT2D eigenvalue weighted by molar-refractivity contribution is 7.90. The average molecular weight is 332 g/mol. The van der Waals surface area contributed by atoms with Crippen LogP contribution in [0.5, 0.6) is 0 Å². The van der Waals surface area contributed by atoms with Crippen molar-refractivity contribution in [3.05, 3.63) is 10.7 Å². The lowest BCUT2D eigenvalue weighted by Crippen LogP contribution is -2.34. The number of piperidine rings is 1. The zero-order chi connectivity index (χ0) is 15.8. The predicted molar refractivity (Wildman–Crippen MR) is 84.9 cm³/mol. The summed E-state index contributed by atoms with van der Waals surface area (Å²) in [5.74, 6) is 1.51. The zero-order valence-electron chi connectivity index (χ0n) is 12.9. The van der Waals surface area contributed by atoms with Gasteiger partial charge in [-0.3, -0.25) is 0 Å². The van der Waals surface area contributed by atoms with Crippen molar-refractivity contribution in [2.45, 2.75) is 44.7 Å². The summed E-state index contributed by atoms with van der Waals surface area (Å²) in [5.41, 5.74) is 0.832.